The lowest BCUT2D eigenvalue weighted by Gasteiger charge is -2.23. The molecule has 0 unspecified atom stereocenters. The topological polar surface area (TPSA) is 67.9 Å². The monoisotopic (exact) mass is 346 g/mol. The van der Waals surface area contributed by atoms with Crippen LogP contribution in [0.4, 0.5) is 0 Å². The van der Waals surface area contributed by atoms with Crippen molar-refractivity contribution in [3.05, 3.63) is 29.8 Å². The van der Waals surface area contributed by atoms with Crippen molar-refractivity contribution in [3.63, 3.8) is 0 Å². The van der Waals surface area contributed by atoms with Gasteiger partial charge in [-0.1, -0.05) is 12.1 Å². The number of ether oxygens (including phenoxy) is 2. The van der Waals surface area contributed by atoms with E-state index in [0.29, 0.717) is 32.7 Å². The maximum absolute atomic E-state index is 12.3. The van der Waals surface area contributed by atoms with Crippen LogP contribution in [0, 0.1) is 5.92 Å². The average Bonchev–Trinajstić information content (AvgIpc) is 3.00. The van der Waals surface area contributed by atoms with E-state index in [4.69, 9.17) is 9.47 Å². The van der Waals surface area contributed by atoms with E-state index in [0.717, 1.165) is 25.0 Å². The van der Waals surface area contributed by atoms with Crippen molar-refractivity contribution in [2.75, 3.05) is 33.4 Å². The molecule has 0 radical (unpaired) electrons. The summed E-state index contributed by atoms with van der Waals surface area (Å²) in [5, 5.41) is 3.05. The Hall–Kier alpha value is -2.08. The maximum atomic E-state index is 12.3. The van der Waals surface area contributed by atoms with Crippen LogP contribution in [0.25, 0.3) is 0 Å². The minimum absolute atomic E-state index is 0.0252. The van der Waals surface area contributed by atoms with Crippen LogP contribution in [-0.2, 0) is 20.7 Å². The van der Waals surface area contributed by atoms with E-state index in [1.54, 1.807) is 7.11 Å². The summed E-state index contributed by atoms with van der Waals surface area (Å²) in [4.78, 5) is 26.3. The second-order valence-electron chi connectivity index (χ2n) is 6.73. The van der Waals surface area contributed by atoms with Gasteiger partial charge in [0.2, 0.25) is 11.8 Å². The van der Waals surface area contributed by atoms with Crippen molar-refractivity contribution < 1.29 is 19.1 Å². The smallest absolute Gasteiger partial charge is 0.224 e. The highest BCUT2D eigenvalue weighted by Gasteiger charge is 2.32. The van der Waals surface area contributed by atoms with Gasteiger partial charge >= 0.3 is 0 Å². The molecule has 1 atom stereocenters. The largest absolute Gasteiger partial charge is 0.497 e. The van der Waals surface area contributed by atoms with Crippen molar-refractivity contribution in [2.45, 2.75) is 31.7 Å². The zero-order valence-electron chi connectivity index (χ0n) is 14.7. The number of hydrogen-bond acceptors (Lipinski definition) is 4. The minimum atomic E-state index is -0.0706. The second-order valence-corrected chi connectivity index (χ2v) is 6.73. The summed E-state index contributed by atoms with van der Waals surface area (Å²) >= 11 is 0. The molecule has 25 heavy (non-hydrogen) atoms. The highest BCUT2D eigenvalue weighted by atomic mass is 16.5. The molecule has 2 fully saturated rings. The lowest BCUT2D eigenvalue weighted by atomic mass is 9.99. The summed E-state index contributed by atoms with van der Waals surface area (Å²) in [7, 11) is 1.65. The fraction of sp³-hybridized carbons (Fsp3) is 0.579. The summed E-state index contributed by atoms with van der Waals surface area (Å²) in [6.45, 7) is 2.57. The summed E-state index contributed by atoms with van der Waals surface area (Å²) < 4.78 is 10.4. The normalized spacial score (nSPS) is 21.4. The first-order valence-electron chi connectivity index (χ1n) is 8.94. The Kier molecular flexibility index (Phi) is 5.91. The molecular weight excluding hydrogens is 320 g/mol. The first-order valence-corrected chi connectivity index (χ1v) is 8.94. The van der Waals surface area contributed by atoms with Crippen LogP contribution >= 0.6 is 0 Å². The van der Waals surface area contributed by atoms with Gasteiger partial charge in [-0.25, -0.2) is 0 Å². The SMILES string of the molecule is COc1ccc(CCN2C[C@@H](NC(=O)C3CCOCC3)CC2=O)cc1. The van der Waals surface area contributed by atoms with Crippen LogP contribution in [0.1, 0.15) is 24.8 Å². The summed E-state index contributed by atoms with van der Waals surface area (Å²) in [6.07, 6.45) is 2.75. The predicted octanol–water partition coefficient (Wildman–Crippen LogP) is 1.38. The molecule has 2 heterocycles. The number of likely N-dealkylation sites (tertiary alicyclic amines) is 1. The summed E-state index contributed by atoms with van der Waals surface area (Å²) in [6, 6.07) is 7.82. The Morgan fingerprint density at radius 2 is 2.00 bits per heavy atom. The van der Waals surface area contributed by atoms with Gasteiger partial charge in [-0.3, -0.25) is 9.59 Å². The maximum Gasteiger partial charge on any atom is 0.224 e. The number of methoxy groups -OCH3 is 1. The van der Waals surface area contributed by atoms with Gasteiger partial charge in [0.25, 0.3) is 0 Å². The Morgan fingerprint density at radius 1 is 1.28 bits per heavy atom. The number of rotatable bonds is 6. The van der Waals surface area contributed by atoms with E-state index in [1.807, 2.05) is 29.2 Å². The average molecular weight is 346 g/mol. The fourth-order valence-corrected chi connectivity index (χ4v) is 3.42. The van der Waals surface area contributed by atoms with Crippen LogP contribution in [0.3, 0.4) is 0 Å². The van der Waals surface area contributed by atoms with Crippen LogP contribution in [-0.4, -0.2) is 56.2 Å². The molecular formula is C19H26N2O4. The molecule has 2 aliphatic heterocycles. The molecule has 1 N–H and O–H groups in total. The Bertz CT molecular complexity index is 596. The number of nitrogens with one attached hydrogen (secondary N) is 1. The van der Waals surface area contributed by atoms with E-state index in [2.05, 4.69) is 5.32 Å². The molecule has 2 aliphatic rings. The van der Waals surface area contributed by atoms with Gasteiger partial charge in [0.05, 0.1) is 13.2 Å². The van der Waals surface area contributed by atoms with Crippen LogP contribution in [0.15, 0.2) is 24.3 Å². The molecule has 0 bridgehead atoms. The van der Waals surface area contributed by atoms with Crippen LogP contribution in [0.2, 0.25) is 0 Å². The van der Waals surface area contributed by atoms with Crippen molar-refractivity contribution in [1.82, 2.24) is 10.2 Å². The zero-order chi connectivity index (χ0) is 17.6. The number of amides is 2. The molecule has 0 aliphatic carbocycles. The van der Waals surface area contributed by atoms with Crippen molar-refractivity contribution in [2.24, 2.45) is 5.92 Å². The van der Waals surface area contributed by atoms with Gasteiger partial charge in [-0.15, -0.1) is 0 Å². The molecule has 1 aromatic carbocycles. The van der Waals surface area contributed by atoms with Crippen LogP contribution < -0.4 is 10.1 Å². The van der Waals surface area contributed by atoms with Gasteiger partial charge in [-0.2, -0.15) is 0 Å². The van der Waals surface area contributed by atoms with E-state index in [9.17, 15) is 9.59 Å². The summed E-state index contributed by atoms with van der Waals surface area (Å²) in [5.41, 5.74) is 1.17. The molecule has 6 heteroatoms. The standard InChI is InChI=1S/C19H26N2O4/c1-24-17-4-2-14(3-5-17)6-9-21-13-16(12-18(21)22)20-19(23)15-7-10-25-11-8-15/h2-5,15-16H,6-13H2,1H3,(H,20,23)/t16-/m0/s1. The van der Waals surface area contributed by atoms with Gasteiger partial charge in [0.15, 0.2) is 0 Å². The number of hydrogen-bond donors (Lipinski definition) is 1. The third-order valence-corrected chi connectivity index (χ3v) is 4.98. The van der Waals surface area contributed by atoms with Crippen molar-refractivity contribution in [1.29, 1.82) is 0 Å². The first-order chi connectivity index (χ1) is 12.2. The van der Waals surface area contributed by atoms with Gasteiger partial charge in [0.1, 0.15) is 5.75 Å². The molecule has 6 nitrogen and oxygen atoms in total. The highest BCUT2D eigenvalue weighted by molar-refractivity contribution is 5.83. The predicted molar refractivity (Wildman–Crippen MR) is 93.4 cm³/mol. The third kappa shape index (κ3) is 4.72. The Labute approximate surface area is 148 Å². The molecule has 3 rings (SSSR count). The van der Waals surface area contributed by atoms with Gasteiger partial charge in [-0.05, 0) is 37.0 Å². The van der Waals surface area contributed by atoms with E-state index in [-0.39, 0.29) is 23.8 Å². The number of carbonyl (C=O) groups is 2. The Balaban J connectivity index is 1.45. The second kappa shape index (κ2) is 8.34. The van der Waals surface area contributed by atoms with Crippen LogP contribution in [0.5, 0.6) is 5.75 Å². The molecule has 0 aromatic heterocycles. The molecule has 0 spiro atoms. The number of benzene rings is 1. The lowest BCUT2D eigenvalue weighted by molar-refractivity contribution is -0.128. The fourth-order valence-electron chi connectivity index (χ4n) is 3.42. The van der Waals surface area contributed by atoms with Crippen molar-refractivity contribution >= 4 is 11.8 Å². The zero-order valence-corrected chi connectivity index (χ0v) is 14.7. The van der Waals surface area contributed by atoms with Crippen molar-refractivity contribution in [3.8, 4) is 5.75 Å². The molecule has 136 valence electrons. The molecule has 0 saturated carbocycles. The quantitative estimate of drug-likeness (QED) is 0.845. The van der Waals surface area contributed by atoms with E-state index >= 15 is 0 Å². The molecule has 2 amide bonds. The molecule has 2 saturated heterocycles. The lowest BCUT2D eigenvalue weighted by Crippen LogP contribution is -2.42. The Morgan fingerprint density at radius 3 is 2.68 bits per heavy atom. The highest BCUT2D eigenvalue weighted by Crippen LogP contribution is 2.18. The van der Waals surface area contributed by atoms with E-state index in [1.165, 1.54) is 5.56 Å². The third-order valence-electron chi connectivity index (χ3n) is 4.98. The number of nitrogens with zero attached hydrogens (tertiary/aromatic N) is 1. The van der Waals surface area contributed by atoms with E-state index < -0.39 is 0 Å². The van der Waals surface area contributed by atoms with Gasteiger partial charge < -0.3 is 19.7 Å². The van der Waals surface area contributed by atoms with Gasteiger partial charge in [0, 0.05) is 38.6 Å². The first kappa shape index (κ1) is 17.7. The summed E-state index contributed by atoms with van der Waals surface area (Å²) in [5.74, 6) is 1.04. The minimum Gasteiger partial charge on any atom is -0.497 e. The number of carbonyl (C=O) groups excluding carboxylic acids is 2. The molecule has 1 aromatic rings.